The molecule has 0 radical (unpaired) electrons. The van der Waals surface area contributed by atoms with Crippen LogP contribution >= 0.6 is 0 Å². The molecule has 1 fully saturated rings. The van der Waals surface area contributed by atoms with Crippen molar-refractivity contribution in [2.45, 2.75) is 52.2 Å². The first-order valence-electron chi connectivity index (χ1n) is 15.4. The minimum Gasteiger partial charge on any atom is -0.495 e. The Morgan fingerprint density at radius 3 is 2.30 bits per heavy atom. The van der Waals surface area contributed by atoms with E-state index in [4.69, 9.17) is 14.3 Å². The number of ether oxygens (including phenoxy) is 2. The molecule has 1 atom stereocenters. The third-order valence-electron chi connectivity index (χ3n) is 8.61. The quantitative estimate of drug-likeness (QED) is 0.214. The van der Waals surface area contributed by atoms with Gasteiger partial charge in [0.25, 0.3) is 0 Å². The summed E-state index contributed by atoms with van der Waals surface area (Å²) in [4.78, 5) is 12.9. The Kier molecular flexibility index (Phi) is 8.32. The van der Waals surface area contributed by atoms with Crippen LogP contribution in [-0.2, 0) is 15.2 Å². The van der Waals surface area contributed by atoms with Crippen LogP contribution in [0.25, 0.3) is 11.8 Å². The van der Waals surface area contributed by atoms with Crippen LogP contribution in [0.4, 0.5) is 0 Å². The topological polar surface area (TPSA) is 61.1 Å². The number of rotatable bonds is 8. The van der Waals surface area contributed by atoms with Gasteiger partial charge in [-0.05, 0) is 65.7 Å². The Hall–Kier alpha value is -4.36. The van der Waals surface area contributed by atoms with Gasteiger partial charge < -0.3 is 23.8 Å². The third kappa shape index (κ3) is 5.76. The predicted molar refractivity (Wildman–Crippen MR) is 175 cm³/mol. The summed E-state index contributed by atoms with van der Waals surface area (Å²) >= 11 is 0. The molecule has 44 heavy (non-hydrogen) atoms. The third-order valence-corrected chi connectivity index (χ3v) is 8.61. The number of imidazole rings is 1. The molecule has 0 spiro atoms. The molecule has 228 valence electrons. The molecular formula is C37H42N4O3. The zero-order valence-electron chi connectivity index (χ0n) is 26.4. The van der Waals surface area contributed by atoms with Crippen LogP contribution in [0.15, 0.2) is 102 Å². The molecule has 0 aliphatic carbocycles. The molecule has 7 heteroatoms. The number of hydrogen-bond acceptors (Lipinski definition) is 6. The molecule has 4 aromatic rings. The van der Waals surface area contributed by atoms with Crippen LogP contribution < -0.4 is 4.74 Å². The van der Waals surface area contributed by atoms with E-state index in [0.717, 1.165) is 65.6 Å². The van der Waals surface area contributed by atoms with Crippen LogP contribution in [-0.4, -0.2) is 53.2 Å². The predicted octanol–water partition coefficient (Wildman–Crippen LogP) is 7.39. The van der Waals surface area contributed by atoms with Crippen molar-refractivity contribution in [3.8, 4) is 11.4 Å². The lowest BCUT2D eigenvalue weighted by Crippen LogP contribution is -2.50. The lowest BCUT2D eigenvalue weighted by molar-refractivity contribution is -0.134. The minimum absolute atomic E-state index is 0.190. The number of hydrogen-bond donors (Lipinski definition) is 0. The van der Waals surface area contributed by atoms with Crippen molar-refractivity contribution in [3.63, 3.8) is 0 Å². The van der Waals surface area contributed by atoms with Gasteiger partial charge in [-0.2, -0.15) is 0 Å². The number of nitrogens with zero attached hydrogens (tertiary/aromatic N) is 4. The van der Waals surface area contributed by atoms with E-state index in [1.54, 1.807) is 7.11 Å². The Morgan fingerprint density at radius 1 is 0.977 bits per heavy atom. The van der Waals surface area contributed by atoms with E-state index >= 15 is 0 Å². The Balaban J connectivity index is 1.24. The highest BCUT2D eigenvalue weighted by molar-refractivity contribution is 6.02. The maximum absolute atomic E-state index is 7.03. The first-order chi connectivity index (χ1) is 21.3. The van der Waals surface area contributed by atoms with Crippen molar-refractivity contribution in [2.75, 3.05) is 26.8 Å². The summed E-state index contributed by atoms with van der Waals surface area (Å²) in [6, 6.07) is 27.3. The molecule has 1 saturated heterocycles. The normalized spacial score (nSPS) is 18.0. The van der Waals surface area contributed by atoms with Crippen molar-refractivity contribution >= 4 is 11.9 Å². The summed E-state index contributed by atoms with van der Waals surface area (Å²) in [5.41, 5.74) is 5.53. The van der Waals surface area contributed by atoms with Gasteiger partial charge in [-0.15, -0.1) is 0 Å². The second kappa shape index (κ2) is 12.3. The summed E-state index contributed by atoms with van der Waals surface area (Å²) in [5.74, 6) is 1.71. The smallest absolute Gasteiger partial charge is 0.171 e. The lowest BCUT2D eigenvalue weighted by Gasteiger charge is -2.46. The van der Waals surface area contributed by atoms with Crippen LogP contribution in [0, 0.1) is 12.3 Å². The van der Waals surface area contributed by atoms with E-state index in [2.05, 4.69) is 121 Å². The highest BCUT2D eigenvalue weighted by Gasteiger charge is 2.47. The van der Waals surface area contributed by atoms with Gasteiger partial charge >= 0.3 is 0 Å². The van der Waals surface area contributed by atoms with Crippen LogP contribution in [0.2, 0.25) is 0 Å². The first-order valence-corrected chi connectivity index (χ1v) is 15.4. The van der Waals surface area contributed by atoms with Crippen molar-refractivity contribution in [1.82, 2.24) is 14.5 Å². The number of fused-ring (bicyclic) bond motifs is 1. The number of aromatic nitrogens is 2. The molecule has 7 nitrogen and oxygen atoms in total. The standard InChI is InChI=1S/C37H42N4O3/c1-27-23-41(26-38-27)33-19-18-28(22-34(33)42-5)21-29-13-12-20-40-24-32(44-39-35(29)40)25-43-37(36(2,3)4,30-14-8-6-9-15-30)31-16-10-7-11-17-31/h6-11,14-19,21-23,26,32H,12-13,20,24-25H2,1-5H3. The zero-order chi connectivity index (χ0) is 30.7. The molecule has 2 aliphatic rings. The molecule has 3 aromatic carbocycles. The average molecular weight is 591 g/mol. The van der Waals surface area contributed by atoms with E-state index in [1.807, 2.05) is 24.0 Å². The van der Waals surface area contributed by atoms with E-state index in [-0.39, 0.29) is 11.5 Å². The Bertz CT molecular complexity index is 1600. The van der Waals surface area contributed by atoms with Gasteiger partial charge in [0.1, 0.15) is 11.4 Å². The molecule has 0 N–H and O–H groups in total. The SMILES string of the molecule is COc1cc(C=C2CCCN3CC(COC(c4ccccc4)(c4ccccc4)C(C)(C)C)ON=C23)ccc1-n1cnc(C)c1. The van der Waals surface area contributed by atoms with Crippen LogP contribution in [0.5, 0.6) is 5.75 Å². The summed E-state index contributed by atoms with van der Waals surface area (Å²) in [7, 11) is 1.70. The molecule has 2 aliphatic heterocycles. The fourth-order valence-electron chi connectivity index (χ4n) is 6.53. The van der Waals surface area contributed by atoms with Gasteiger partial charge in [0.2, 0.25) is 0 Å². The Morgan fingerprint density at radius 2 is 1.68 bits per heavy atom. The number of benzene rings is 3. The number of piperidine rings is 1. The molecule has 3 heterocycles. The fourth-order valence-corrected chi connectivity index (χ4v) is 6.53. The largest absolute Gasteiger partial charge is 0.495 e. The number of aryl methyl sites for hydroxylation is 1. The molecule has 6 rings (SSSR count). The highest BCUT2D eigenvalue weighted by Crippen LogP contribution is 2.48. The van der Waals surface area contributed by atoms with E-state index in [9.17, 15) is 0 Å². The molecular weight excluding hydrogens is 548 g/mol. The first kappa shape index (κ1) is 29.7. The van der Waals surface area contributed by atoms with Gasteiger partial charge in [0.15, 0.2) is 11.9 Å². The fraction of sp³-hybridized carbons (Fsp3) is 0.351. The second-order valence-corrected chi connectivity index (χ2v) is 12.7. The number of amidine groups is 1. The van der Waals surface area contributed by atoms with Crippen molar-refractivity contribution < 1.29 is 14.3 Å². The molecule has 1 aromatic heterocycles. The van der Waals surface area contributed by atoms with Gasteiger partial charge in [0.05, 0.1) is 38.0 Å². The Labute approximate surface area is 260 Å². The summed E-state index contributed by atoms with van der Waals surface area (Å²) in [5, 5.41) is 4.68. The zero-order valence-corrected chi connectivity index (χ0v) is 26.4. The van der Waals surface area contributed by atoms with E-state index in [1.165, 1.54) is 5.57 Å². The highest BCUT2D eigenvalue weighted by atomic mass is 16.7. The van der Waals surface area contributed by atoms with Crippen molar-refractivity contribution in [2.24, 2.45) is 10.6 Å². The molecule has 0 amide bonds. The molecule has 0 bridgehead atoms. The van der Waals surface area contributed by atoms with Crippen molar-refractivity contribution in [1.29, 1.82) is 0 Å². The number of methoxy groups -OCH3 is 1. The van der Waals surface area contributed by atoms with Gasteiger partial charge in [-0.1, -0.05) is 92.7 Å². The minimum atomic E-state index is -0.656. The van der Waals surface area contributed by atoms with E-state index < -0.39 is 5.60 Å². The summed E-state index contributed by atoms with van der Waals surface area (Å²) in [6.07, 6.45) is 7.82. The second-order valence-electron chi connectivity index (χ2n) is 12.7. The van der Waals surface area contributed by atoms with Gasteiger partial charge in [0, 0.05) is 12.7 Å². The van der Waals surface area contributed by atoms with Gasteiger partial charge in [-0.3, -0.25) is 0 Å². The maximum Gasteiger partial charge on any atom is 0.171 e. The monoisotopic (exact) mass is 590 g/mol. The average Bonchev–Trinajstić information content (AvgIpc) is 3.47. The molecule has 1 unspecified atom stereocenters. The van der Waals surface area contributed by atoms with Crippen LogP contribution in [0.1, 0.15) is 56.0 Å². The molecule has 0 saturated carbocycles. The van der Waals surface area contributed by atoms with Crippen LogP contribution in [0.3, 0.4) is 0 Å². The number of oxime groups is 1. The summed E-state index contributed by atoms with van der Waals surface area (Å²) < 4.78 is 14.8. The maximum atomic E-state index is 7.03. The summed E-state index contributed by atoms with van der Waals surface area (Å²) in [6.45, 7) is 10.8. The lowest BCUT2D eigenvalue weighted by atomic mass is 9.68. The van der Waals surface area contributed by atoms with Gasteiger partial charge in [-0.25, -0.2) is 4.98 Å². The van der Waals surface area contributed by atoms with E-state index in [0.29, 0.717) is 6.61 Å². The van der Waals surface area contributed by atoms with Crippen molar-refractivity contribution in [3.05, 3.63) is 119 Å².